The van der Waals surface area contributed by atoms with Crippen molar-refractivity contribution in [3.63, 3.8) is 0 Å². The Morgan fingerprint density at radius 1 is 0.875 bits per heavy atom. The third-order valence-corrected chi connectivity index (χ3v) is 6.03. The lowest BCUT2D eigenvalue weighted by atomic mass is 10.1. The van der Waals surface area contributed by atoms with E-state index in [1.165, 1.54) is 11.3 Å². The number of imidazole rings is 1. The number of fused-ring (bicyclic) bond motifs is 1. The van der Waals surface area contributed by atoms with Crippen molar-refractivity contribution in [3.05, 3.63) is 84.4 Å². The number of rotatable bonds is 6. The fourth-order valence-corrected chi connectivity index (χ4v) is 4.46. The Bertz CT molecular complexity index is 1230. The van der Waals surface area contributed by atoms with E-state index < -0.39 is 5.97 Å². The Hall–Kier alpha value is -3.64. The van der Waals surface area contributed by atoms with Crippen molar-refractivity contribution >= 4 is 22.7 Å². The molecule has 1 aliphatic rings. The summed E-state index contributed by atoms with van der Waals surface area (Å²) in [5.41, 5.74) is 5.09. The third kappa shape index (κ3) is 4.22. The molecule has 1 aromatic heterocycles. The van der Waals surface area contributed by atoms with Gasteiger partial charge in [-0.2, -0.15) is 0 Å². The molecule has 0 atom stereocenters. The van der Waals surface area contributed by atoms with Crippen LogP contribution in [0.1, 0.15) is 5.56 Å². The van der Waals surface area contributed by atoms with Gasteiger partial charge in [0.05, 0.1) is 11.0 Å². The molecule has 0 amide bonds. The lowest BCUT2D eigenvalue weighted by Gasteiger charge is -2.36. The zero-order chi connectivity index (χ0) is 21.9. The second kappa shape index (κ2) is 8.85. The molecule has 1 fully saturated rings. The molecule has 0 saturated carbocycles. The number of hydrogen-bond donors (Lipinski definition) is 1. The molecule has 6 nitrogen and oxygen atoms in total. The Morgan fingerprint density at radius 2 is 1.62 bits per heavy atom. The molecule has 0 unspecified atom stereocenters. The maximum atomic E-state index is 11.5. The van der Waals surface area contributed by atoms with Gasteiger partial charge in [-0.1, -0.05) is 48.5 Å². The van der Waals surface area contributed by atoms with E-state index in [-0.39, 0.29) is 6.54 Å². The molecule has 3 aromatic carbocycles. The summed E-state index contributed by atoms with van der Waals surface area (Å²) in [5, 5.41) is 9.43. The fourth-order valence-electron chi connectivity index (χ4n) is 4.46. The fraction of sp³-hybridized carbons (Fsp3) is 0.231. The summed E-state index contributed by atoms with van der Waals surface area (Å²) >= 11 is 0. The lowest BCUT2D eigenvalue weighted by Crippen LogP contribution is -2.45. The number of piperazine rings is 1. The first-order chi connectivity index (χ1) is 15.7. The number of aliphatic carboxylic acids is 1. The average Bonchev–Trinajstić information content (AvgIpc) is 3.18. The van der Waals surface area contributed by atoms with Gasteiger partial charge < -0.3 is 14.6 Å². The summed E-state index contributed by atoms with van der Waals surface area (Å²) in [4.78, 5) is 21.1. The number of aromatic nitrogens is 2. The van der Waals surface area contributed by atoms with E-state index in [1.807, 2.05) is 36.4 Å². The third-order valence-electron chi connectivity index (χ3n) is 6.03. The number of carboxylic acid groups (broad SMARTS) is 1. The predicted molar refractivity (Wildman–Crippen MR) is 127 cm³/mol. The van der Waals surface area contributed by atoms with Crippen LogP contribution in [0.2, 0.25) is 0 Å². The minimum absolute atomic E-state index is 0.110. The topological polar surface area (TPSA) is 61.6 Å². The minimum Gasteiger partial charge on any atom is -0.480 e. The highest BCUT2D eigenvalue weighted by atomic mass is 16.4. The first kappa shape index (κ1) is 20.3. The zero-order valence-corrected chi connectivity index (χ0v) is 17.9. The Balaban J connectivity index is 1.34. The molecular formula is C26H26N4O2. The van der Waals surface area contributed by atoms with Crippen molar-refractivity contribution < 1.29 is 9.90 Å². The van der Waals surface area contributed by atoms with Crippen LogP contribution < -0.4 is 4.90 Å². The molecule has 1 saturated heterocycles. The molecule has 0 bridgehead atoms. The van der Waals surface area contributed by atoms with Crippen molar-refractivity contribution in [2.75, 3.05) is 31.1 Å². The highest BCUT2D eigenvalue weighted by Crippen LogP contribution is 2.26. The van der Waals surface area contributed by atoms with Crippen LogP contribution in [0.4, 0.5) is 5.69 Å². The van der Waals surface area contributed by atoms with Crippen LogP contribution >= 0.6 is 0 Å². The Morgan fingerprint density at radius 3 is 2.41 bits per heavy atom. The molecular weight excluding hydrogens is 400 g/mol. The van der Waals surface area contributed by atoms with Gasteiger partial charge in [0.2, 0.25) is 0 Å². The standard InChI is InChI=1S/C26H26N4O2/c31-25(32)19-30-24-12-5-4-11-23(24)27-26(30)21-8-6-7-20(17-21)18-28-13-15-29(16-14-28)22-9-2-1-3-10-22/h1-12,17H,13-16,18-19H2,(H,31,32). The summed E-state index contributed by atoms with van der Waals surface area (Å²) in [5.74, 6) is -0.175. The normalized spacial score (nSPS) is 14.7. The molecule has 162 valence electrons. The Labute approximate surface area is 187 Å². The maximum Gasteiger partial charge on any atom is 0.323 e. The first-order valence-electron chi connectivity index (χ1n) is 11.0. The molecule has 1 N–H and O–H groups in total. The Kier molecular flexibility index (Phi) is 5.60. The van der Waals surface area contributed by atoms with Gasteiger partial charge in [0.15, 0.2) is 0 Å². The molecule has 0 radical (unpaired) electrons. The van der Waals surface area contributed by atoms with Crippen LogP contribution in [0.15, 0.2) is 78.9 Å². The number of benzene rings is 3. The van der Waals surface area contributed by atoms with Gasteiger partial charge in [-0.25, -0.2) is 4.98 Å². The predicted octanol–water partition coefficient (Wildman–Crippen LogP) is 4.11. The van der Waals surface area contributed by atoms with E-state index in [2.05, 4.69) is 52.3 Å². The van der Waals surface area contributed by atoms with Crippen LogP contribution in [-0.4, -0.2) is 51.7 Å². The highest BCUT2D eigenvalue weighted by molar-refractivity contribution is 5.82. The van der Waals surface area contributed by atoms with Crippen molar-refractivity contribution in [3.8, 4) is 11.4 Å². The summed E-state index contributed by atoms with van der Waals surface area (Å²) in [6.45, 7) is 4.81. The number of para-hydroxylation sites is 3. The van der Waals surface area contributed by atoms with Crippen molar-refractivity contribution in [2.24, 2.45) is 0 Å². The molecule has 0 aliphatic carbocycles. The van der Waals surface area contributed by atoms with Gasteiger partial charge in [0, 0.05) is 44.0 Å². The van der Waals surface area contributed by atoms with Crippen LogP contribution in [-0.2, 0) is 17.9 Å². The van der Waals surface area contributed by atoms with E-state index in [1.54, 1.807) is 4.57 Å². The van der Waals surface area contributed by atoms with Crippen LogP contribution in [0.5, 0.6) is 0 Å². The quantitative estimate of drug-likeness (QED) is 0.503. The van der Waals surface area contributed by atoms with Gasteiger partial charge in [-0.15, -0.1) is 0 Å². The largest absolute Gasteiger partial charge is 0.480 e. The van der Waals surface area contributed by atoms with Gasteiger partial charge in [-0.3, -0.25) is 9.69 Å². The molecule has 6 heteroatoms. The van der Waals surface area contributed by atoms with Crippen LogP contribution in [0.25, 0.3) is 22.4 Å². The minimum atomic E-state index is -0.873. The van der Waals surface area contributed by atoms with Crippen molar-refractivity contribution in [1.29, 1.82) is 0 Å². The molecule has 32 heavy (non-hydrogen) atoms. The summed E-state index contributed by atoms with van der Waals surface area (Å²) in [6, 6.07) is 26.6. The van der Waals surface area contributed by atoms with E-state index in [9.17, 15) is 9.90 Å². The smallest absolute Gasteiger partial charge is 0.323 e. The summed E-state index contributed by atoms with van der Waals surface area (Å²) < 4.78 is 1.79. The van der Waals surface area contributed by atoms with Crippen molar-refractivity contribution in [1.82, 2.24) is 14.5 Å². The number of carboxylic acids is 1. The van der Waals surface area contributed by atoms with E-state index in [4.69, 9.17) is 4.98 Å². The monoisotopic (exact) mass is 426 g/mol. The summed E-state index contributed by atoms with van der Waals surface area (Å²) in [7, 11) is 0. The van der Waals surface area contributed by atoms with Gasteiger partial charge in [0.1, 0.15) is 12.4 Å². The van der Waals surface area contributed by atoms with E-state index in [0.29, 0.717) is 5.82 Å². The molecule has 0 spiro atoms. The number of nitrogens with zero attached hydrogens (tertiary/aromatic N) is 4. The van der Waals surface area contributed by atoms with Crippen LogP contribution in [0, 0.1) is 0 Å². The average molecular weight is 427 g/mol. The SMILES string of the molecule is O=C(O)Cn1c(-c2cccc(CN3CCN(c4ccccc4)CC3)c2)nc2ccccc21. The molecule has 1 aliphatic heterocycles. The highest BCUT2D eigenvalue weighted by Gasteiger charge is 2.18. The molecule has 5 rings (SSSR count). The van der Waals surface area contributed by atoms with Crippen molar-refractivity contribution in [2.45, 2.75) is 13.1 Å². The van der Waals surface area contributed by atoms with Gasteiger partial charge in [0.25, 0.3) is 0 Å². The summed E-state index contributed by atoms with van der Waals surface area (Å²) in [6.07, 6.45) is 0. The van der Waals surface area contributed by atoms with Crippen LogP contribution in [0.3, 0.4) is 0 Å². The lowest BCUT2D eigenvalue weighted by molar-refractivity contribution is -0.137. The number of anilines is 1. The second-order valence-electron chi connectivity index (χ2n) is 8.20. The van der Waals surface area contributed by atoms with Gasteiger partial charge >= 0.3 is 5.97 Å². The maximum absolute atomic E-state index is 11.5. The number of carbonyl (C=O) groups is 1. The molecule has 4 aromatic rings. The van der Waals surface area contributed by atoms with Gasteiger partial charge in [-0.05, 0) is 35.9 Å². The van der Waals surface area contributed by atoms with E-state index >= 15 is 0 Å². The van der Waals surface area contributed by atoms with E-state index in [0.717, 1.165) is 49.3 Å². The zero-order valence-electron chi connectivity index (χ0n) is 17.9. The molecule has 2 heterocycles. The second-order valence-corrected chi connectivity index (χ2v) is 8.20. The number of hydrogen-bond acceptors (Lipinski definition) is 4. The first-order valence-corrected chi connectivity index (χ1v) is 11.0.